The molecular formula is C22H26N2O5. The van der Waals surface area contributed by atoms with Crippen molar-refractivity contribution in [2.45, 2.75) is 38.7 Å². The molecule has 0 aliphatic carbocycles. The van der Waals surface area contributed by atoms with Crippen molar-refractivity contribution in [2.24, 2.45) is 0 Å². The van der Waals surface area contributed by atoms with Crippen LogP contribution >= 0.6 is 0 Å². The molecule has 1 amide bonds. The SMILES string of the molecule is COc1ccc(-c2cc([N+](=O)[O-])ccc2O[C@H](C)C(=O)N2CCCCCC2)cc1. The minimum atomic E-state index is -0.674. The highest BCUT2D eigenvalue weighted by molar-refractivity contribution is 5.81. The lowest BCUT2D eigenvalue weighted by Crippen LogP contribution is -2.41. The summed E-state index contributed by atoms with van der Waals surface area (Å²) in [5, 5.41) is 11.2. The van der Waals surface area contributed by atoms with E-state index in [1.807, 2.05) is 17.0 Å². The van der Waals surface area contributed by atoms with Gasteiger partial charge < -0.3 is 14.4 Å². The van der Waals surface area contributed by atoms with Gasteiger partial charge in [-0.25, -0.2) is 0 Å². The van der Waals surface area contributed by atoms with E-state index >= 15 is 0 Å². The third kappa shape index (κ3) is 5.04. The van der Waals surface area contributed by atoms with E-state index < -0.39 is 11.0 Å². The number of rotatable bonds is 6. The summed E-state index contributed by atoms with van der Waals surface area (Å²) in [6, 6.07) is 11.6. The molecule has 0 radical (unpaired) electrons. The van der Waals surface area contributed by atoms with Crippen molar-refractivity contribution >= 4 is 11.6 Å². The Morgan fingerprint density at radius 2 is 1.72 bits per heavy atom. The standard InChI is InChI=1S/C22H26N2O5/c1-16(22(25)23-13-5-3-4-6-14-23)29-21-12-9-18(24(26)27)15-20(21)17-7-10-19(28-2)11-8-17/h7-12,15-16H,3-6,13-14H2,1-2H3/t16-/m1/s1. The molecule has 1 atom stereocenters. The van der Waals surface area contributed by atoms with Crippen LogP contribution < -0.4 is 9.47 Å². The molecule has 1 aliphatic heterocycles. The van der Waals surface area contributed by atoms with Crippen LogP contribution in [0.15, 0.2) is 42.5 Å². The summed E-state index contributed by atoms with van der Waals surface area (Å²) in [6.07, 6.45) is 3.62. The first kappa shape index (κ1) is 20.6. The van der Waals surface area contributed by atoms with Crippen LogP contribution in [0.25, 0.3) is 11.1 Å². The number of ether oxygens (including phenoxy) is 2. The number of nitro groups is 1. The quantitative estimate of drug-likeness (QED) is 0.531. The molecule has 0 spiro atoms. The second-order valence-electron chi connectivity index (χ2n) is 7.17. The van der Waals surface area contributed by atoms with Gasteiger partial charge in [0.15, 0.2) is 6.10 Å². The zero-order valence-electron chi connectivity index (χ0n) is 16.8. The number of non-ortho nitro benzene ring substituents is 1. The number of hydrogen-bond donors (Lipinski definition) is 0. The average molecular weight is 398 g/mol. The van der Waals surface area contributed by atoms with E-state index in [-0.39, 0.29) is 11.6 Å². The molecule has 0 bridgehead atoms. The first-order chi connectivity index (χ1) is 14.0. The van der Waals surface area contributed by atoms with E-state index in [4.69, 9.17) is 9.47 Å². The first-order valence-corrected chi connectivity index (χ1v) is 9.88. The maximum Gasteiger partial charge on any atom is 0.270 e. The topological polar surface area (TPSA) is 81.9 Å². The fraction of sp³-hybridized carbons (Fsp3) is 0.409. The number of hydrogen-bond acceptors (Lipinski definition) is 5. The Hall–Kier alpha value is -3.09. The normalized spacial score (nSPS) is 15.3. The van der Waals surface area contributed by atoms with E-state index in [2.05, 4.69) is 0 Å². The van der Waals surface area contributed by atoms with Gasteiger partial charge in [0, 0.05) is 30.8 Å². The van der Waals surface area contributed by atoms with Gasteiger partial charge in [-0.1, -0.05) is 25.0 Å². The van der Waals surface area contributed by atoms with E-state index in [1.54, 1.807) is 32.2 Å². The van der Waals surface area contributed by atoms with Gasteiger partial charge >= 0.3 is 0 Å². The smallest absolute Gasteiger partial charge is 0.270 e. The van der Waals surface area contributed by atoms with Crippen LogP contribution in [-0.4, -0.2) is 42.0 Å². The summed E-state index contributed by atoms with van der Waals surface area (Å²) in [7, 11) is 1.58. The molecule has 154 valence electrons. The van der Waals surface area contributed by atoms with Gasteiger partial charge in [-0.05, 0) is 43.5 Å². The lowest BCUT2D eigenvalue weighted by molar-refractivity contribution is -0.384. The average Bonchev–Trinajstić information content (AvgIpc) is 3.03. The first-order valence-electron chi connectivity index (χ1n) is 9.88. The van der Waals surface area contributed by atoms with Crippen LogP contribution in [0.5, 0.6) is 11.5 Å². The Morgan fingerprint density at radius 3 is 2.31 bits per heavy atom. The zero-order chi connectivity index (χ0) is 20.8. The number of nitrogens with zero attached hydrogens (tertiary/aromatic N) is 2. The van der Waals surface area contributed by atoms with Crippen molar-refractivity contribution < 1.29 is 19.2 Å². The van der Waals surface area contributed by atoms with Gasteiger partial charge in [0.2, 0.25) is 0 Å². The Labute approximate surface area is 170 Å². The molecule has 1 aliphatic rings. The summed E-state index contributed by atoms with van der Waals surface area (Å²) in [5.74, 6) is 1.08. The monoisotopic (exact) mass is 398 g/mol. The fourth-order valence-corrected chi connectivity index (χ4v) is 3.52. The number of amides is 1. The van der Waals surface area contributed by atoms with Gasteiger partial charge in [-0.2, -0.15) is 0 Å². The van der Waals surface area contributed by atoms with Crippen LogP contribution in [0.3, 0.4) is 0 Å². The van der Waals surface area contributed by atoms with E-state index in [9.17, 15) is 14.9 Å². The number of likely N-dealkylation sites (tertiary alicyclic amines) is 1. The van der Waals surface area contributed by atoms with E-state index in [0.29, 0.717) is 17.1 Å². The molecule has 7 nitrogen and oxygen atoms in total. The van der Waals surface area contributed by atoms with Gasteiger partial charge in [0.25, 0.3) is 11.6 Å². The third-order valence-electron chi connectivity index (χ3n) is 5.14. The Morgan fingerprint density at radius 1 is 1.07 bits per heavy atom. The van der Waals surface area contributed by atoms with E-state index in [0.717, 1.165) is 44.3 Å². The molecule has 1 heterocycles. The van der Waals surface area contributed by atoms with Crippen LogP contribution in [0.4, 0.5) is 5.69 Å². The molecule has 2 aromatic carbocycles. The van der Waals surface area contributed by atoms with Crippen molar-refractivity contribution in [3.05, 3.63) is 52.6 Å². The predicted molar refractivity (Wildman–Crippen MR) is 110 cm³/mol. The Balaban J connectivity index is 1.87. The molecule has 0 unspecified atom stereocenters. The van der Waals surface area contributed by atoms with Crippen LogP contribution in [0.2, 0.25) is 0 Å². The molecule has 29 heavy (non-hydrogen) atoms. The highest BCUT2D eigenvalue weighted by Gasteiger charge is 2.24. The third-order valence-corrected chi connectivity index (χ3v) is 5.14. The highest BCUT2D eigenvalue weighted by atomic mass is 16.6. The molecule has 0 N–H and O–H groups in total. The van der Waals surface area contributed by atoms with Crippen LogP contribution in [-0.2, 0) is 4.79 Å². The second-order valence-corrected chi connectivity index (χ2v) is 7.17. The van der Waals surface area contributed by atoms with Gasteiger partial charge in [-0.3, -0.25) is 14.9 Å². The van der Waals surface area contributed by atoms with Gasteiger partial charge in [0.05, 0.1) is 12.0 Å². The molecular weight excluding hydrogens is 372 g/mol. The summed E-state index contributed by atoms with van der Waals surface area (Å²) >= 11 is 0. The molecule has 7 heteroatoms. The highest BCUT2D eigenvalue weighted by Crippen LogP contribution is 2.35. The predicted octanol–water partition coefficient (Wildman–Crippen LogP) is 4.44. The number of carbonyl (C=O) groups is 1. The number of carbonyl (C=O) groups excluding carboxylic acids is 1. The largest absolute Gasteiger partial charge is 0.497 e. The summed E-state index contributed by atoms with van der Waals surface area (Å²) in [6.45, 7) is 3.22. The maximum absolute atomic E-state index is 12.8. The fourth-order valence-electron chi connectivity index (χ4n) is 3.52. The van der Waals surface area contributed by atoms with Crippen LogP contribution in [0.1, 0.15) is 32.6 Å². The zero-order valence-corrected chi connectivity index (χ0v) is 16.8. The lowest BCUT2D eigenvalue weighted by Gasteiger charge is -2.25. The number of methoxy groups -OCH3 is 1. The molecule has 0 aromatic heterocycles. The lowest BCUT2D eigenvalue weighted by atomic mass is 10.0. The summed E-state index contributed by atoms with van der Waals surface area (Å²) in [4.78, 5) is 25.5. The second kappa shape index (κ2) is 9.41. The number of benzene rings is 2. The number of nitro benzene ring substituents is 1. The Bertz CT molecular complexity index is 858. The molecule has 1 saturated heterocycles. The molecule has 1 fully saturated rings. The van der Waals surface area contributed by atoms with Gasteiger partial charge in [-0.15, -0.1) is 0 Å². The summed E-state index contributed by atoms with van der Waals surface area (Å²) < 4.78 is 11.2. The maximum atomic E-state index is 12.8. The Kier molecular flexibility index (Phi) is 6.69. The van der Waals surface area contributed by atoms with Crippen molar-refractivity contribution in [3.8, 4) is 22.6 Å². The summed E-state index contributed by atoms with van der Waals surface area (Å²) in [5.41, 5.74) is 1.28. The molecule has 3 rings (SSSR count). The van der Waals surface area contributed by atoms with Gasteiger partial charge in [0.1, 0.15) is 11.5 Å². The van der Waals surface area contributed by atoms with Crippen molar-refractivity contribution in [3.63, 3.8) is 0 Å². The molecule has 0 saturated carbocycles. The van der Waals surface area contributed by atoms with E-state index in [1.165, 1.54) is 12.1 Å². The van der Waals surface area contributed by atoms with Crippen LogP contribution in [0, 0.1) is 10.1 Å². The van der Waals surface area contributed by atoms with Crippen molar-refractivity contribution in [2.75, 3.05) is 20.2 Å². The minimum absolute atomic E-state index is 0.0327. The van der Waals surface area contributed by atoms with Crippen molar-refractivity contribution in [1.29, 1.82) is 0 Å². The minimum Gasteiger partial charge on any atom is -0.497 e. The van der Waals surface area contributed by atoms with Crippen molar-refractivity contribution in [1.82, 2.24) is 4.90 Å². The molecule has 2 aromatic rings.